The van der Waals surface area contributed by atoms with Crippen LogP contribution < -0.4 is 10.4 Å². The van der Waals surface area contributed by atoms with Crippen LogP contribution in [0.5, 0.6) is 0 Å². The highest BCUT2D eigenvalue weighted by atomic mass is 35.5. The topological polar surface area (TPSA) is 62.6 Å². The second-order valence-corrected chi connectivity index (χ2v) is 7.20. The lowest BCUT2D eigenvalue weighted by molar-refractivity contribution is -0.117. The van der Waals surface area contributed by atoms with Crippen molar-refractivity contribution in [3.8, 4) is 11.3 Å². The van der Waals surface area contributed by atoms with Crippen molar-refractivity contribution in [3.63, 3.8) is 0 Å². The molecule has 1 aromatic heterocycles. The fourth-order valence-electron chi connectivity index (χ4n) is 2.73. The van der Waals surface area contributed by atoms with E-state index in [0.29, 0.717) is 32.3 Å². The van der Waals surface area contributed by atoms with Crippen molar-refractivity contribution in [1.29, 1.82) is 0 Å². The van der Waals surface area contributed by atoms with Crippen LogP contribution in [0.4, 0.5) is 5.69 Å². The standard InChI is InChI=1S/C20H11Cl3N2O3/c21-12-2-1-3-13(9-12)25-20(27)15(19(26)24-25)10-14-5-7-18(28-14)11-4-6-16(22)17(23)8-11/h1-10H,(H,24,26)/b15-10+. The van der Waals surface area contributed by atoms with Gasteiger partial charge in [-0.3, -0.25) is 15.0 Å². The Hall–Kier alpha value is -2.73. The van der Waals surface area contributed by atoms with Crippen LogP contribution in [0.25, 0.3) is 17.4 Å². The highest BCUT2D eigenvalue weighted by molar-refractivity contribution is 6.42. The zero-order valence-electron chi connectivity index (χ0n) is 14.1. The first-order valence-electron chi connectivity index (χ1n) is 8.10. The van der Waals surface area contributed by atoms with Crippen LogP contribution in [0.1, 0.15) is 5.76 Å². The summed E-state index contributed by atoms with van der Waals surface area (Å²) in [5, 5.41) is 2.43. The summed E-state index contributed by atoms with van der Waals surface area (Å²) < 4.78 is 5.73. The van der Waals surface area contributed by atoms with E-state index in [9.17, 15) is 9.59 Å². The number of anilines is 1. The molecule has 0 atom stereocenters. The molecule has 0 aliphatic carbocycles. The van der Waals surface area contributed by atoms with Crippen molar-refractivity contribution in [2.24, 2.45) is 0 Å². The Morgan fingerprint density at radius 2 is 1.75 bits per heavy atom. The van der Waals surface area contributed by atoms with Crippen LogP contribution in [-0.2, 0) is 9.59 Å². The van der Waals surface area contributed by atoms with Gasteiger partial charge in [0.15, 0.2) is 0 Å². The molecular weight excluding hydrogens is 423 g/mol. The smallest absolute Gasteiger partial charge is 0.282 e. The number of carbonyl (C=O) groups is 2. The molecule has 1 saturated heterocycles. The van der Waals surface area contributed by atoms with E-state index in [1.807, 2.05) is 0 Å². The fraction of sp³-hybridized carbons (Fsp3) is 0. The highest BCUT2D eigenvalue weighted by Crippen LogP contribution is 2.30. The minimum absolute atomic E-state index is 0.0463. The first kappa shape index (κ1) is 18.6. The van der Waals surface area contributed by atoms with Crippen molar-refractivity contribution in [2.45, 2.75) is 0 Å². The average Bonchev–Trinajstić information content (AvgIpc) is 3.24. The van der Waals surface area contributed by atoms with E-state index in [1.165, 1.54) is 6.08 Å². The van der Waals surface area contributed by atoms with Gasteiger partial charge < -0.3 is 4.42 Å². The first-order valence-corrected chi connectivity index (χ1v) is 9.24. The lowest BCUT2D eigenvalue weighted by atomic mass is 10.2. The number of benzene rings is 2. The molecule has 3 aromatic rings. The van der Waals surface area contributed by atoms with Gasteiger partial charge in [-0.25, -0.2) is 5.01 Å². The maximum atomic E-state index is 12.6. The Balaban J connectivity index is 1.62. The van der Waals surface area contributed by atoms with E-state index >= 15 is 0 Å². The molecule has 5 nitrogen and oxygen atoms in total. The van der Waals surface area contributed by atoms with Gasteiger partial charge in [-0.2, -0.15) is 0 Å². The van der Waals surface area contributed by atoms with Gasteiger partial charge in [-0.1, -0.05) is 40.9 Å². The SMILES string of the molecule is O=C1NN(c2cccc(Cl)c2)C(=O)/C1=C/c1ccc(-c2ccc(Cl)c(Cl)c2)o1. The Morgan fingerprint density at radius 3 is 2.50 bits per heavy atom. The largest absolute Gasteiger partial charge is 0.457 e. The molecule has 0 saturated carbocycles. The van der Waals surface area contributed by atoms with Crippen molar-refractivity contribution in [3.05, 3.63) is 81.0 Å². The molecule has 8 heteroatoms. The van der Waals surface area contributed by atoms with E-state index in [0.717, 1.165) is 10.6 Å². The molecule has 2 heterocycles. The summed E-state index contributed by atoms with van der Waals surface area (Å²) >= 11 is 17.9. The molecule has 1 N–H and O–H groups in total. The molecule has 1 aliphatic heterocycles. The monoisotopic (exact) mass is 432 g/mol. The molecule has 28 heavy (non-hydrogen) atoms. The second-order valence-electron chi connectivity index (χ2n) is 5.95. The van der Waals surface area contributed by atoms with Gasteiger partial charge >= 0.3 is 0 Å². The zero-order chi connectivity index (χ0) is 19.8. The number of hydrogen-bond donors (Lipinski definition) is 1. The molecule has 4 rings (SSSR count). The number of amides is 2. The molecule has 0 bridgehead atoms. The third kappa shape index (κ3) is 3.52. The van der Waals surface area contributed by atoms with Crippen molar-refractivity contribution in [2.75, 3.05) is 5.01 Å². The van der Waals surface area contributed by atoms with Crippen LogP contribution in [0.15, 0.2) is 64.6 Å². The predicted octanol–water partition coefficient (Wildman–Crippen LogP) is 5.37. The van der Waals surface area contributed by atoms with Gasteiger partial charge in [0.2, 0.25) is 0 Å². The summed E-state index contributed by atoms with van der Waals surface area (Å²) in [7, 11) is 0. The minimum atomic E-state index is -0.530. The summed E-state index contributed by atoms with van der Waals surface area (Å²) in [4.78, 5) is 24.9. The van der Waals surface area contributed by atoms with Crippen molar-refractivity contribution in [1.82, 2.24) is 5.43 Å². The summed E-state index contributed by atoms with van der Waals surface area (Å²) in [6.45, 7) is 0. The van der Waals surface area contributed by atoms with E-state index < -0.39 is 11.8 Å². The molecule has 0 spiro atoms. The molecular formula is C20H11Cl3N2O3. The highest BCUT2D eigenvalue weighted by Gasteiger charge is 2.34. The summed E-state index contributed by atoms with van der Waals surface area (Å²) in [6, 6.07) is 15.1. The molecule has 0 unspecified atom stereocenters. The number of halogens is 3. The fourth-order valence-corrected chi connectivity index (χ4v) is 3.21. The molecule has 140 valence electrons. The van der Waals surface area contributed by atoms with Gasteiger partial charge in [-0.05, 0) is 54.6 Å². The van der Waals surface area contributed by atoms with Gasteiger partial charge in [-0.15, -0.1) is 0 Å². The summed E-state index contributed by atoms with van der Waals surface area (Å²) in [5.74, 6) is -0.146. The predicted molar refractivity (Wildman–Crippen MR) is 109 cm³/mol. The van der Waals surface area contributed by atoms with E-state index in [4.69, 9.17) is 39.2 Å². The number of nitrogens with zero attached hydrogens (tertiary/aromatic N) is 1. The molecule has 1 fully saturated rings. The quantitative estimate of drug-likeness (QED) is 0.446. The lowest BCUT2D eigenvalue weighted by Crippen LogP contribution is -2.35. The number of nitrogens with one attached hydrogen (secondary N) is 1. The third-order valence-electron chi connectivity index (χ3n) is 4.08. The van der Waals surface area contributed by atoms with Crippen LogP contribution in [0.2, 0.25) is 15.1 Å². The third-order valence-corrected chi connectivity index (χ3v) is 5.05. The molecule has 2 aromatic carbocycles. The van der Waals surface area contributed by atoms with Gasteiger partial charge in [0.05, 0.1) is 15.7 Å². The lowest BCUT2D eigenvalue weighted by Gasteiger charge is -2.14. The Bertz CT molecular complexity index is 1140. The van der Waals surface area contributed by atoms with E-state index in [2.05, 4.69) is 5.43 Å². The van der Waals surface area contributed by atoms with Gasteiger partial charge in [0.25, 0.3) is 11.8 Å². The number of rotatable bonds is 3. The Morgan fingerprint density at radius 1 is 0.929 bits per heavy atom. The number of hydrazine groups is 1. The molecule has 0 radical (unpaired) electrons. The van der Waals surface area contributed by atoms with E-state index in [1.54, 1.807) is 54.6 Å². The summed E-state index contributed by atoms with van der Waals surface area (Å²) in [5.41, 5.74) is 3.65. The minimum Gasteiger partial charge on any atom is -0.457 e. The molecule has 2 amide bonds. The van der Waals surface area contributed by atoms with Crippen LogP contribution in [0.3, 0.4) is 0 Å². The number of furan rings is 1. The van der Waals surface area contributed by atoms with Crippen molar-refractivity contribution < 1.29 is 14.0 Å². The number of carbonyl (C=O) groups excluding carboxylic acids is 2. The van der Waals surface area contributed by atoms with Crippen LogP contribution in [0, 0.1) is 0 Å². The number of hydrogen-bond acceptors (Lipinski definition) is 3. The van der Waals surface area contributed by atoms with Gasteiger partial charge in [0.1, 0.15) is 17.1 Å². The van der Waals surface area contributed by atoms with E-state index in [-0.39, 0.29) is 5.57 Å². The zero-order valence-corrected chi connectivity index (χ0v) is 16.3. The maximum Gasteiger partial charge on any atom is 0.282 e. The second kappa shape index (κ2) is 7.36. The summed E-state index contributed by atoms with van der Waals surface area (Å²) in [6.07, 6.45) is 1.39. The average molecular weight is 434 g/mol. The Labute approximate surface area is 175 Å². The van der Waals surface area contributed by atoms with Gasteiger partial charge in [0, 0.05) is 10.6 Å². The Kier molecular flexibility index (Phi) is 4.89. The van der Waals surface area contributed by atoms with Crippen molar-refractivity contribution >= 4 is 58.4 Å². The molecule has 1 aliphatic rings. The van der Waals surface area contributed by atoms with Crippen LogP contribution >= 0.6 is 34.8 Å². The van der Waals surface area contributed by atoms with Crippen LogP contribution in [-0.4, -0.2) is 11.8 Å². The first-order chi connectivity index (χ1) is 13.4. The normalized spacial score (nSPS) is 15.4. The maximum absolute atomic E-state index is 12.6.